The van der Waals surface area contributed by atoms with Gasteiger partial charge in [-0.15, -0.1) is 0 Å². The van der Waals surface area contributed by atoms with Gasteiger partial charge in [0.15, 0.2) is 11.3 Å². The molecule has 11 rings (SSSR count). The first-order valence-corrected chi connectivity index (χ1v) is 25.9. The van der Waals surface area contributed by atoms with Crippen molar-refractivity contribution in [1.82, 2.24) is 0 Å². The van der Waals surface area contributed by atoms with Crippen molar-refractivity contribution in [3.05, 3.63) is 207 Å². The van der Waals surface area contributed by atoms with Crippen LogP contribution < -0.4 is 15.0 Å². The maximum Gasteiger partial charge on any atom is 0.159 e. The third kappa shape index (κ3) is 7.40. The van der Waals surface area contributed by atoms with Gasteiger partial charge < -0.3 is 18.6 Å². The molecule has 0 bridgehead atoms. The third-order valence-electron chi connectivity index (χ3n) is 16.2. The van der Waals surface area contributed by atoms with Crippen LogP contribution in [0.15, 0.2) is 161 Å². The third-order valence-corrected chi connectivity index (χ3v) is 16.2. The van der Waals surface area contributed by atoms with Gasteiger partial charge in [0.25, 0.3) is 0 Å². The second-order valence-corrected chi connectivity index (χ2v) is 21.6. The second-order valence-electron chi connectivity index (χ2n) is 21.6. The van der Waals surface area contributed by atoms with Crippen LogP contribution in [-0.4, -0.2) is 0 Å². The predicted octanol–water partition coefficient (Wildman–Crippen LogP) is 18.9. The van der Waals surface area contributed by atoms with Crippen molar-refractivity contribution in [3.8, 4) is 0 Å². The Morgan fingerprint density at radius 3 is 1.89 bits per heavy atom. The highest BCUT2D eigenvalue weighted by molar-refractivity contribution is 6.20. The molecule has 0 fully saturated rings. The normalized spacial score (nSPS) is 13.4. The number of hydrogen-bond donors (Lipinski definition) is 0. The van der Waals surface area contributed by atoms with E-state index in [1.54, 1.807) is 0 Å². The number of hydrogen-bond acceptors (Lipinski definition) is 4. The molecule has 1 aliphatic rings. The molecule has 4 heteroatoms. The average molecular weight is 943 g/mol. The molecule has 0 unspecified atom stereocenters. The van der Waals surface area contributed by atoms with Gasteiger partial charge in [-0.2, -0.15) is 0 Å². The molecule has 10 aromatic rings. The van der Waals surface area contributed by atoms with Crippen LogP contribution in [0.4, 0.5) is 22.7 Å². The van der Waals surface area contributed by atoms with Crippen molar-refractivity contribution >= 4 is 95.2 Å². The number of fused-ring (bicyclic) bond motifs is 6. The average Bonchev–Trinajstić information content (AvgIpc) is 3.88. The van der Waals surface area contributed by atoms with E-state index in [-0.39, 0.29) is 10.8 Å². The molecule has 0 atom stereocenters. The molecule has 2 aromatic heterocycles. The van der Waals surface area contributed by atoms with Crippen LogP contribution in [0.3, 0.4) is 0 Å². The fourth-order valence-electron chi connectivity index (χ4n) is 11.3. The molecule has 1 aliphatic carbocycles. The number of furan rings is 2. The number of aryl methyl sites for hydroxylation is 4. The van der Waals surface area contributed by atoms with E-state index < -0.39 is 0 Å². The summed E-state index contributed by atoms with van der Waals surface area (Å²) in [5.74, 6) is 0.909. The minimum absolute atomic E-state index is 0.0558. The molecular formula is C68H66N2O2. The van der Waals surface area contributed by atoms with E-state index in [9.17, 15) is 0 Å². The fourth-order valence-corrected chi connectivity index (χ4v) is 11.3. The van der Waals surface area contributed by atoms with Gasteiger partial charge >= 0.3 is 0 Å². The first-order chi connectivity index (χ1) is 34.6. The molecule has 2 heterocycles. The molecule has 0 saturated carbocycles. The summed E-state index contributed by atoms with van der Waals surface area (Å²) in [5.41, 5.74) is 18.5. The van der Waals surface area contributed by atoms with Gasteiger partial charge in [0.1, 0.15) is 11.2 Å². The lowest BCUT2D eigenvalue weighted by atomic mass is 9.81. The molecule has 0 amide bonds. The molecule has 0 radical (unpaired) electrons. The minimum atomic E-state index is -0.0617. The standard InChI is InChI=1S/C68H66N2O2/c1-13-55(69(59-39-41(4)29-31-43(59)6)58-28-20-24-50-48-23-19-26-54(68(11,12)15-3)64(48)72-66(50)58)51-37-34-46-35-38-56(52-36-33-45(8)61(51)62(46)52)70(60-40-42(5)30-32-44(60)7)57-27-17-16-21-49-47-22-18-25-53(67(9,10)14-2)63(47)71-65(49)57/h13,16-20,22-40H,8,14-15,21H2,1-7,9-12H3/b55-13+. The number of anilines is 4. The Balaban J connectivity index is 1.17. The van der Waals surface area contributed by atoms with Gasteiger partial charge in [0, 0.05) is 60.9 Å². The summed E-state index contributed by atoms with van der Waals surface area (Å²) in [4.78, 5) is 4.90. The monoisotopic (exact) mass is 943 g/mol. The van der Waals surface area contributed by atoms with Crippen molar-refractivity contribution in [2.24, 2.45) is 0 Å². The summed E-state index contributed by atoms with van der Waals surface area (Å²) in [6.45, 7) is 29.6. The van der Waals surface area contributed by atoms with E-state index >= 15 is 0 Å². The van der Waals surface area contributed by atoms with Crippen molar-refractivity contribution < 1.29 is 8.83 Å². The maximum atomic E-state index is 7.28. The Kier molecular flexibility index (Phi) is 11.5. The topological polar surface area (TPSA) is 32.8 Å². The molecule has 360 valence electrons. The summed E-state index contributed by atoms with van der Waals surface area (Å²) in [5, 5.41) is 8.97. The van der Waals surface area contributed by atoms with Crippen molar-refractivity contribution in [2.45, 2.75) is 106 Å². The second kappa shape index (κ2) is 17.6. The highest BCUT2D eigenvalue weighted by Crippen LogP contribution is 2.50. The Morgan fingerprint density at radius 2 is 1.21 bits per heavy atom. The zero-order valence-electron chi connectivity index (χ0n) is 44.0. The van der Waals surface area contributed by atoms with Gasteiger partial charge in [-0.05, 0) is 139 Å². The first-order valence-electron chi connectivity index (χ1n) is 25.9. The fraction of sp³-hybridized carbons (Fsp3) is 0.235. The Bertz CT molecular complexity index is 3960. The van der Waals surface area contributed by atoms with Crippen LogP contribution in [0.2, 0.25) is 0 Å². The highest BCUT2D eigenvalue weighted by atomic mass is 16.3. The van der Waals surface area contributed by atoms with Crippen LogP contribution in [0.25, 0.3) is 72.4 Å². The van der Waals surface area contributed by atoms with Gasteiger partial charge in [-0.25, -0.2) is 0 Å². The van der Waals surface area contributed by atoms with Crippen LogP contribution >= 0.6 is 0 Å². The number of allylic oxidation sites excluding steroid dienone is 4. The van der Waals surface area contributed by atoms with E-state index in [1.807, 2.05) is 0 Å². The number of nitrogens with zero attached hydrogens (tertiary/aromatic N) is 2. The molecule has 0 aliphatic heterocycles. The van der Waals surface area contributed by atoms with Gasteiger partial charge in [0.2, 0.25) is 0 Å². The number of benzene rings is 8. The van der Waals surface area contributed by atoms with E-state index in [1.165, 1.54) is 49.7 Å². The maximum absolute atomic E-state index is 7.28. The van der Waals surface area contributed by atoms with Crippen molar-refractivity contribution in [3.63, 3.8) is 0 Å². The zero-order chi connectivity index (χ0) is 50.4. The van der Waals surface area contributed by atoms with Crippen LogP contribution in [-0.2, 0) is 17.3 Å². The highest BCUT2D eigenvalue weighted by Gasteiger charge is 2.32. The minimum Gasteiger partial charge on any atom is -0.454 e. The van der Waals surface area contributed by atoms with E-state index in [0.717, 1.165) is 114 Å². The quantitative estimate of drug-likeness (QED) is 0.129. The molecule has 4 nitrogen and oxygen atoms in total. The van der Waals surface area contributed by atoms with Crippen LogP contribution in [0.1, 0.15) is 112 Å². The molecule has 72 heavy (non-hydrogen) atoms. The summed E-state index contributed by atoms with van der Waals surface area (Å²) >= 11 is 0. The number of para-hydroxylation sites is 3. The lowest BCUT2D eigenvalue weighted by Crippen LogP contribution is -2.19. The molecular weight excluding hydrogens is 877 g/mol. The Morgan fingerprint density at radius 1 is 0.597 bits per heavy atom. The Hall–Kier alpha value is -7.56. The lowest BCUT2D eigenvalue weighted by Gasteiger charge is -2.32. The predicted molar refractivity (Wildman–Crippen MR) is 309 cm³/mol. The first kappa shape index (κ1) is 46.8. The van der Waals surface area contributed by atoms with Gasteiger partial charge in [0.05, 0.1) is 17.1 Å². The molecule has 8 aromatic carbocycles. The summed E-state index contributed by atoms with van der Waals surface area (Å²) in [6, 6.07) is 47.2. The smallest absolute Gasteiger partial charge is 0.159 e. The van der Waals surface area contributed by atoms with E-state index in [2.05, 4.69) is 238 Å². The van der Waals surface area contributed by atoms with Crippen molar-refractivity contribution in [1.29, 1.82) is 0 Å². The summed E-state index contributed by atoms with van der Waals surface area (Å²) < 4.78 is 14.5. The SMILES string of the molecule is C=c1ccc2c(N(C3=CC=CCc4c3oc3c(C(C)(C)CC)cccc43)c3cc(C)ccc3C)ccc3ccc(/C(=C\C)N(c4cc(C)ccc4C)c4cccc5c4oc4c(C(C)(C)CC)cccc45)c1c32. The van der Waals surface area contributed by atoms with E-state index in [0.29, 0.717) is 0 Å². The zero-order valence-corrected chi connectivity index (χ0v) is 44.0. The lowest BCUT2D eigenvalue weighted by molar-refractivity contribution is 0.494. The Labute approximate surface area is 425 Å². The van der Waals surface area contributed by atoms with Crippen molar-refractivity contribution in [2.75, 3.05) is 9.80 Å². The van der Waals surface area contributed by atoms with Gasteiger partial charge in [-0.3, -0.25) is 0 Å². The molecule has 0 spiro atoms. The molecule has 0 N–H and O–H groups in total. The number of rotatable bonds is 11. The summed E-state index contributed by atoms with van der Waals surface area (Å²) in [6.07, 6.45) is 11.8. The van der Waals surface area contributed by atoms with Gasteiger partial charge in [-0.1, -0.05) is 169 Å². The molecule has 0 saturated heterocycles. The van der Waals surface area contributed by atoms with Crippen LogP contribution in [0, 0.1) is 27.7 Å². The van der Waals surface area contributed by atoms with Crippen LogP contribution in [0.5, 0.6) is 0 Å². The van der Waals surface area contributed by atoms with E-state index in [4.69, 9.17) is 15.4 Å². The largest absolute Gasteiger partial charge is 0.454 e. The summed E-state index contributed by atoms with van der Waals surface area (Å²) in [7, 11) is 0.